The van der Waals surface area contributed by atoms with Gasteiger partial charge in [0.05, 0.1) is 4.90 Å². The van der Waals surface area contributed by atoms with E-state index in [4.69, 9.17) is 5.73 Å². The molecular weight excluding hydrogens is 286 g/mol. The van der Waals surface area contributed by atoms with Crippen LogP contribution in [0.2, 0.25) is 0 Å². The molecule has 1 saturated heterocycles. The highest BCUT2D eigenvalue weighted by molar-refractivity contribution is 7.89. The summed E-state index contributed by atoms with van der Waals surface area (Å²) in [6.45, 7) is 3.75. The first kappa shape index (κ1) is 16.4. The summed E-state index contributed by atoms with van der Waals surface area (Å²) < 4.78 is 27.0. The van der Waals surface area contributed by atoms with E-state index in [1.165, 1.54) is 4.31 Å². The minimum Gasteiger partial charge on any atom is -0.326 e. The predicted molar refractivity (Wildman–Crippen MR) is 84.5 cm³/mol. The fourth-order valence-corrected chi connectivity index (χ4v) is 4.41. The number of benzene rings is 1. The standard InChI is InChI=1S/C15H25N3O2S/c1-12-13(10-16)6-4-8-15(12)21(19,20)18(3)11-14-7-5-9-17(14)2/h4,6,8,14H,5,7,9-11,16H2,1-3H3. The fourth-order valence-electron chi connectivity index (χ4n) is 2.93. The molecule has 0 amide bonds. The highest BCUT2D eigenvalue weighted by Crippen LogP contribution is 2.23. The molecule has 1 aliphatic heterocycles. The third-order valence-corrected chi connectivity index (χ3v) is 6.41. The molecule has 0 saturated carbocycles. The van der Waals surface area contributed by atoms with E-state index in [-0.39, 0.29) is 0 Å². The van der Waals surface area contributed by atoms with E-state index in [0.29, 0.717) is 24.0 Å². The van der Waals surface area contributed by atoms with Crippen molar-refractivity contribution in [2.75, 3.05) is 27.2 Å². The van der Waals surface area contributed by atoms with E-state index in [0.717, 1.165) is 30.5 Å². The van der Waals surface area contributed by atoms with E-state index in [9.17, 15) is 8.42 Å². The maximum Gasteiger partial charge on any atom is 0.243 e. The summed E-state index contributed by atoms with van der Waals surface area (Å²) in [7, 11) is 0.255. The molecule has 1 aromatic carbocycles. The molecule has 6 heteroatoms. The normalized spacial score (nSPS) is 20.3. The van der Waals surface area contributed by atoms with Gasteiger partial charge in [0.25, 0.3) is 0 Å². The van der Waals surface area contributed by atoms with Gasteiger partial charge in [0.1, 0.15) is 0 Å². The van der Waals surface area contributed by atoms with Crippen molar-refractivity contribution < 1.29 is 8.42 Å². The lowest BCUT2D eigenvalue weighted by Crippen LogP contribution is -2.39. The van der Waals surface area contributed by atoms with E-state index < -0.39 is 10.0 Å². The van der Waals surface area contributed by atoms with Gasteiger partial charge in [0.15, 0.2) is 0 Å². The van der Waals surface area contributed by atoms with Crippen LogP contribution in [-0.2, 0) is 16.6 Å². The summed E-state index contributed by atoms with van der Waals surface area (Å²) in [6, 6.07) is 5.61. The average molecular weight is 311 g/mol. The quantitative estimate of drug-likeness (QED) is 0.886. The van der Waals surface area contributed by atoms with Crippen molar-refractivity contribution in [2.24, 2.45) is 5.73 Å². The van der Waals surface area contributed by atoms with Crippen LogP contribution in [0.5, 0.6) is 0 Å². The Morgan fingerprint density at radius 3 is 2.71 bits per heavy atom. The predicted octanol–water partition coefficient (Wildman–Crippen LogP) is 1.17. The van der Waals surface area contributed by atoms with Crippen LogP contribution < -0.4 is 5.73 Å². The smallest absolute Gasteiger partial charge is 0.243 e. The summed E-state index contributed by atoms with van der Waals surface area (Å²) in [5.41, 5.74) is 7.31. The molecule has 118 valence electrons. The fraction of sp³-hybridized carbons (Fsp3) is 0.600. The van der Waals surface area contributed by atoms with Gasteiger partial charge in [-0.3, -0.25) is 0 Å². The number of nitrogens with zero attached hydrogens (tertiary/aromatic N) is 2. The van der Waals surface area contributed by atoms with Gasteiger partial charge in [0.2, 0.25) is 10.0 Å². The Kier molecular flexibility index (Phi) is 5.03. The molecule has 1 heterocycles. The molecule has 2 rings (SSSR count). The van der Waals surface area contributed by atoms with Crippen LogP contribution in [0.3, 0.4) is 0 Å². The second kappa shape index (κ2) is 6.44. The molecule has 21 heavy (non-hydrogen) atoms. The number of hydrogen-bond acceptors (Lipinski definition) is 4. The number of sulfonamides is 1. The van der Waals surface area contributed by atoms with Gasteiger partial charge in [0, 0.05) is 26.2 Å². The Morgan fingerprint density at radius 2 is 2.14 bits per heavy atom. The molecule has 1 aliphatic rings. The van der Waals surface area contributed by atoms with Gasteiger partial charge in [-0.25, -0.2) is 8.42 Å². The lowest BCUT2D eigenvalue weighted by Gasteiger charge is -2.26. The van der Waals surface area contributed by atoms with Crippen LogP contribution >= 0.6 is 0 Å². The van der Waals surface area contributed by atoms with Gasteiger partial charge < -0.3 is 10.6 Å². The summed E-state index contributed by atoms with van der Waals surface area (Å²) in [5, 5.41) is 0. The van der Waals surface area contributed by atoms with Crippen LogP contribution in [0.4, 0.5) is 0 Å². The second-order valence-electron chi connectivity index (χ2n) is 5.81. The molecule has 0 aliphatic carbocycles. The second-order valence-corrected chi connectivity index (χ2v) is 7.82. The van der Waals surface area contributed by atoms with Crippen molar-refractivity contribution in [3.63, 3.8) is 0 Å². The molecule has 1 unspecified atom stereocenters. The van der Waals surface area contributed by atoms with E-state index in [2.05, 4.69) is 11.9 Å². The molecule has 1 fully saturated rings. The Hall–Kier alpha value is -0.950. The van der Waals surface area contributed by atoms with Crippen molar-refractivity contribution in [1.29, 1.82) is 0 Å². The minimum absolute atomic E-state index is 0.308. The molecule has 0 spiro atoms. The minimum atomic E-state index is -3.46. The molecule has 0 radical (unpaired) electrons. The molecule has 5 nitrogen and oxygen atoms in total. The number of rotatable bonds is 5. The van der Waals surface area contributed by atoms with Crippen LogP contribution in [0.25, 0.3) is 0 Å². The first-order valence-electron chi connectivity index (χ1n) is 7.33. The first-order chi connectivity index (χ1) is 9.87. The maximum atomic E-state index is 12.8. The highest BCUT2D eigenvalue weighted by Gasteiger charge is 2.29. The van der Waals surface area contributed by atoms with Crippen LogP contribution in [0, 0.1) is 6.92 Å². The van der Waals surface area contributed by atoms with Crippen molar-refractivity contribution in [2.45, 2.75) is 37.2 Å². The zero-order valence-corrected chi connectivity index (χ0v) is 13.9. The van der Waals surface area contributed by atoms with Crippen LogP contribution in [-0.4, -0.2) is 50.8 Å². The lowest BCUT2D eigenvalue weighted by molar-refractivity contribution is 0.271. The van der Waals surface area contributed by atoms with Gasteiger partial charge in [-0.2, -0.15) is 4.31 Å². The summed E-state index contributed by atoms with van der Waals surface area (Å²) in [4.78, 5) is 2.60. The number of likely N-dealkylation sites (tertiary alicyclic amines) is 1. The summed E-state index contributed by atoms with van der Waals surface area (Å²) in [6.07, 6.45) is 2.19. The van der Waals surface area contributed by atoms with Crippen molar-refractivity contribution >= 4 is 10.0 Å². The number of likely N-dealkylation sites (N-methyl/N-ethyl adjacent to an activating group) is 2. The monoisotopic (exact) mass is 311 g/mol. The number of hydrogen-bond donors (Lipinski definition) is 1. The SMILES string of the molecule is Cc1c(CN)cccc1S(=O)(=O)N(C)CC1CCCN1C. The lowest BCUT2D eigenvalue weighted by atomic mass is 10.1. The van der Waals surface area contributed by atoms with E-state index >= 15 is 0 Å². The highest BCUT2D eigenvalue weighted by atomic mass is 32.2. The van der Waals surface area contributed by atoms with Gasteiger partial charge in [-0.05, 0) is 50.6 Å². The number of nitrogens with two attached hydrogens (primary N) is 1. The first-order valence-corrected chi connectivity index (χ1v) is 8.77. The van der Waals surface area contributed by atoms with Crippen LogP contribution in [0.15, 0.2) is 23.1 Å². The van der Waals surface area contributed by atoms with Gasteiger partial charge in [-0.15, -0.1) is 0 Å². The summed E-state index contributed by atoms with van der Waals surface area (Å²) >= 11 is 0. The third kappa shape index (κ3) is 3.29. The van der Waals surface area contributed by atoms with Gasteiger partial charge in [-0.1, -0.05) is 12.1 Å². The molecule has 0 bridgehead atoms. The Morgan fingerprint density at radius 1 is 1.43 bits per heavy atom. The van der Waals surface area contributed by atoms with E-state index in [1.807, 2.05) is 13.0 Å². The Bertz CT molecular complexity index is 601. The zero-order valence-electron chi connectivity index (χ0n) is 13.0. The van der Waals surface area contributed by atoms with E-state index in [1.54, 1.807) is 19.2 Å². The topological polar surface area (TPSA) is 66.6 Å². The Labute approximate surface area is 127 Å². The van der Waals surface area contributed by atoms with Crippen molar-refractivity contribution in [1.82, 2.24) is 9.21 Å². The Balaban J connectivity index is 2.25. The van der Waals surface area contributed by atoms with Gasteiger partial charge >= 0.3 is 0 Å². The molecule has 1 aromatic rings. The van der Waals surface area contributed by atoms with Crippen molar-refractivity contribution in [3.8, 4) is 0 Å². The largest absolute Gasteiger partial charge is 0.326 e. The molecule has 1 atom stereocenters. The summed E-state index contributed by atoms with van der Waals surface area (Å²) in [5.74, 6) is 0. The maximum absolute atomic E-state index is 12.8. The third-order valence-electron chi connectivity index (χ3n) is 4.44. The van der Waals surface area contributed by atoms with Crippen molar-refractivity contribution in [3.05, 3.63) is 29.3 Å². The average Bonchev–Trinajstić information content (AvgIpc) is 2.84. The molecule has 0 aromatic heterocycles. The van der Waals surface area contributed by atoms with Crippen LogP contribution in [0.1, 0.15) is 24.0 Å². The molecule has 2 N–H and O–H groups in total. The zero-order chi connectivity index (χ0) is 15.6. The molecular formula is C15H25N3O2S.